The maximum atomic E-state index is 11.0. The van der Waals surface area contributed by atoms with E-state index in [1.807, 2.05) is 6.92 Å². The molecule has 0 rings (SSSR count). The zero-order valence-electron chi connectivity index (χ0n) is 8.09. The van der Waals surface area contributed by atoms with Crippen molar-refractivity contribution in [1.29, 1.82) is 0 Å². The molecular formula is C9H16N2O2. The molecule has 0 aliphatic carbocycles. The molecule has 0 saturated carbocycles. The molecule has 0 fully saturated rings. The topological polar surface area (TPSA) is 50.4 Å². The molecule has 0 bridgehead atoms. The van der Waals surface area contributed by atoms with E-state index in [4.69, 9.17) is 11.2 Å². The first kappa shape index (κ1) is 11.9. The van der Waals surface area contributed by atoms with Gasteiger partial charge in [-0.05, 0) is 6.92 Å². The predicted molar refractivity (Wildman–Crippen MR) is 51.2 cm³/mol. The van der Waals surface area contributed by atoms with E-state index in [2.05, 4.69) is 16.6 Å². The van der Waals surface area contributed by atoms with Gasteiger partial charge in [0, 0.05) is 13.7 Å². The molecule has 4 heteroatoms. The maximum Gasteiger partial charge on any atom is 0.234 e. The molecule has 0 aliphatic rings. The molecule has 1 unspecified atom stereocenters. The van der Waals surface area contributed by atoms with Crippen LogP contribution in [0.4, 0.5) is 0 Å². The number of rotatable bonds is 6. The first-order valence-electron chi connectivity index (χ1n) is 4.14. The lowest BCUT2D eigenvalue weighted by molar-refractivity contribution is -0.120. The first-order valence-corrected chi connectivity index (χ1v) is 4.14. The smallest absolute Gasteiger partial charge is 0.234 e. The number of hydrogen-bond acceptors (Lipinski definition) is 3. The van der Waals surface area contributed by atoms with Gasteiger partial charge in [-0.3, -0.25) is 10.1 Å². The SMILES string of the molecule is C#CCNCC(=O)NCC(C)OC. The number of methoxy groups -OCH3 is 1. The van der Waals surface area contributed by atoms with Crippen LogP contribution < -0.4 is 10.6 Å². The van der Waals surface area contributed by atoms with Crippen molar-refractivity contribution in [2.45, 2.75) is 13.0 Å². The summed E-state index contributed by atoms with van der Waals surface area (Å²) in [6, 6.07) is 0. The van der Waals surface area contributed by atoms with Gasteiger partial charge in [0.25, 0.3) is 0 Å². The van der Waals surface area contributed by atoms with Crippen LogP contribution in [0.25, 0.3) is 0 Å². The normalized spacial score (nSPS) is 11.8. The van der Waals surface area contributed by atoms with Crippen LogP contribution in [0.15, 0.2) is 0 Å². The van der Waals surface area contributed by atoms with E-state index in [1.54, 1.807) is 7.11 Å². The fourth-order valence-electron chi connectivity index (χ4n) is 0.652. The summed E-state index contributed by atoms with van der Waals surface area (Å²) in [5.41, 5.74) is 0. The van der Waals surface area contributed by atoms with Crippen LogP contribution in [0, 0.1) is 12.3 Å². The summed E-state index contributed by atoms with van der Waals surface area (Å²) in [7, 11) is 1.60. The largest absolute Gasteiger partial charge is 0.380 e. The van der Waals surface area contributed by atoms with Gasteiger partial charge in [0.15, 0.2) is 0 Å². The fraction of sp³-hybridized carbons (Fsp3) is 0.667. The van der Waals surface area contributed by atoms with Crippen molar-refractivity contribution in [2.75, 3.05) is 26.7 Å². The minimum atomic E-state index is -0.0702. The van der Waals surface area contributed by atoms with Gasteiger partial charge in [0.1, 0.15) is 0 Å². The van der Waals surface area contributed by atoms with Crippen molar-refractivity contribution >= 4 is 5.91 Å². The van der Waals surface area contributed by atoms with Crippen LogP contribution in [0.1, 0.15) is 6.92 Å². The Morgan fingerprint density at radius 2 is 2.38 bits per heavy atom. The number of hydrogen-bond donors (Lipinski definition) is 2. The number of terminal acetylenes is 1. The second kappa shape index (κ2) is 7.59. The van der Waals surface area contributed by atoms with Crippen LogP contribution in [0.3, 0.4) is 0 Å². The summed E-state index contributed by atoms with van der Waals surface area (Å²) < 4.78 is 4.96. The Labute approximate surface area is 79.0 Å². The highest BCUT2D eigenvalue weighted by atomic mass is 16.5. The van der Waals surface area contributed by atoms with Crippen molar-refractivity contribution in [1.82, 2.24) is 10.6 Å². The van der Waals surface area contributed by atoms with E-state index in [0.29, 0.717) is 13.1 Å². The highest BCUT2D eigenvalue weighted by Gasteiger charge is 2.02. The Balaban J connectivity index is 3.36. The Bertz CT molecular complexity index is 187. The molecule has 4 nitrogen and oxygen atoms in total. The Hall–Kier alpha value is -1.05. The minimum Gasteiger partial charge on any atom is -0.380 e. The van der Waals surface area contributed by atoms with E-state index >= 15 is 0 Å². The Morgan fingerprint density at radius 3 is 2.92 bits per heavy atom. The van der Waals surface area contributed by atoms with Crippen molar-refractivity contribution in [2.24, 2.45) is 0 Å². The van der Waals surface area contributed by atoms with E-state index < -0.39 is 0 Å². The molecule has 0 saturated heterocycles. The molecule has 13 heavy (non-hydrogen) atoms. The molecule has 0 spiro atoms. The standard InChI is InChI=1S/C9H16N2O2/c1-4-5-10-7-9(12)11-6-8(2)13-3/h1,8,10H,5-7H2,2-3H3,(H,11,12). The molecule has 1 amide bonds. The predicted octanol–water partition coefficient (Wildman–Crippen LogP) is -0.640. The van der Waals surface area contributed by atoms with E-state index in [1.165, 1.54) is 0 Å². The van der Waals surface area contributed by atoms with E-state index in [-0.39, 0.29) is 18.6 Å². The molecular weight excluding hydrogens is 168 g/mol. The first-order chi connectivity index (χ1) is 6.20. The number of ether oxygens (including phenoxy) is 1. The lowest BCUT2D eigenvalue weighted by Gasteiger charge is -2.10. The van der Waals surface area contributed by atoms with Gasteiger partial charge in [-0.1, -0.05) is 5.92 Å². The zero-order valence-corrected chi connectivity index (χ0v) is 8.09. The third-order valence-electron chi connectivity index (χ3n) is 1.50. The Kier molecular flexibility index (Phi) is 6.98. The molecule has 1 atom stereocenters. The Morgan fingerprint density at radius 1 is 1.69 bits per heavy atom. The molecule has 0 aromatic heterocycles. The molecule has 0 aliphatic heterocycles. The lowest BCUT2D eigenvalue weighted by atomic mass is 10.4. The quantitative estimate of drug-likeness (QED) is 0.426. The van der Waals surface area contributed by atoms with Gasteiger partial charge in [-0.2, -0.15) is 0 Å². The maximum absolute atomic E-state index is 11.0. The van der Waals surface area contributed by atoms with Crippen molar-refractivity contribution in [3.63, 3.8) is 0 Å². The van der Waals surface area contributed by atoms with Crippen LogP contribution >= 0.6 is 0 Å². The summed E-state index contributed by atoms with van der Waals surface area (Å²) in [4.78, 5) is 11.0. The summed E-state index contributed by atoms with van der Waals surface area (Å²) >= 11 is 0. The number of carbonyl (C=O) groups excluding carboxylic acids is 1. The molecule has 0 heterocycles. The summed E-state index contributed by atoms with van der Waals surface area (Å²) in [5, 5.41) is 5.48. The van der Waals surface area contributed by atoms with E-state index in [9.17, 15) is 4.79 Å². The highest BCUT2D eigenvalue weighted by Crippen LogP contribution is 1.82. The zero-order chi connectivity index (χ0) is 10.1. The second-order valence-corrected chi connectivity index (χ2v) is 2.66. The molecule has 0 radical (unpaired) electrons. The van der Waals surface area contributed by atoms with Gasteiger partial charge in [0.2, 0.25) is 5.91 Å². The summed E-state index contributed by atoms with van der Waals surface area (Å²) in [5.74, 6) is 2.31. The fourth-order valence-corrected chi connectivity index (χ4v) is 0.652. The third kappa shape index (κ3) is 7.32. The van der Waals surface area contributed by atoms with Gasteiger partial charge in [0.05, 0.1) is 19.2 Å². The molecule has 2 N–H and O–H groups in total. The third-order valence-corrected chi connectivity index (χ3v) is 1.50. The average molecular weight is 184 g/mol. The van der Waals surface area contributed by atoms with Gasteiger partial charge in [-0.15, -0.1) is 6.42 Å². The van der Waals surface area contributed by atoms with Crippen LogP contribution in [-0.2, 0) is 9.53 Å². The van der Waals surface area contributed by atoms with Crippen LogP contribution in [0.2, 0.25) is 0 Å². The average Bonchev–Trinajstić information content (AvgIpc) is 2.14. The van der Waals surface area contributed by atoms with Crippen molar-refractivity contribution < 1.29 is 9.53 Å². The van der Waals surface area contributed by atoms with E-state index in [0.717, 1.165) is 0 Å². The van der Waals surface area contributed by atoms with Crippen LogP contribution in [-0.4, -0.2) is 38.8 Å². The summed E-state index contributed by atoms with van der Waals surface area (Å²) in [6.07, 6.45) is 5.03. The van der Waals surface area contributed by atoms with Gasteiger partial charge < -0.3 is 10.1 Å². The molecule has 0 aromatic carbocycles. The van der Waals surface area contributed by atoms with Crippen LogP contribution in [0.5, 0.6) is 0 Å². The minimum absolute atomic E-state index is 0.0385. The second-order valence-electron chi connectivity index (χ2n) is 2.66. The molecule has 74 valence electrons. The van der Waals surface area contributed by atoms with Crippen molar-refractivity contribution in [3.8, 4) is 12.3 Å². The van der Waals surface area contributed by atoms with Gasteiger partial charge in [-0.25, -0.2) is 0 Å². The van der Waals surface area contributed by atoms with Crippen molar-refractivity contribution in [3.05, 3.63) is 0 Å². The number of nitrogens with one attached hydrogen (secondary N) is 2. The lowest BCUT2D eigenvalue weighted by Crippen LogP contribution is -2.37. The summed E-state index contributed by atoms with van der Waals surface area (Å²) in [6.45, 7) is 3.07. The number of amides is 1. The monoisotopic (exact) mass is 184 g/mol. The molecule has 0 aromatic rings. The highest BCUT2D eigenvalue weighted by molar-refractivity contribution is 5.78. The van der Waals surface area contributed by atoms with Gasteiger partial charge >= 0.3 is 0 Å². The number of carbonyl (C=O) groups is 1.